The Bertz CT molecular complexity index is 483. The molecule has 1 aromatic heterocycles. The molecule has 0 radical (unpaired) electrons. The van der Waals surface area contributed by atoms with Gasteiger partial charge in [-0.3, -0.25) is 9.69 Å². The molecule has 4 rings (SSSR count). The summed E-state index contributed by atoms with van der Waals surface area (Å²) in [6.45, 7) is 2.89. The Balaban J connectivity index is 1.36. The van der Waals surface area contributed by atoms with Crippen LogP contribution in [0.3, 0.4) is 0 Å². The number of carbonyl (C=O) groups excluding carboxylic acids is 1. The van der Waals surface area contributed by atoms with E-state index in [-0.39, 0.29) is 17.9 Å². The van der Waals surface area contributed by atoms with E-state index in [1.165, 1.54) is 19.3 Å². The molecular weight excluding hydrogens is 264 g/mol. The zero-order chi connectivity index (χ0) is 14.2. The summed E-state index contributed by atoms with van der Waals surface area (Å²) in [5.74, 6) is 3.23. The van der Waals surface area contributed by atoms with E-state index in [2.05, 4.69) is 10.2 Å². The molecule has 21 heavy (non-hydrogen) atoms. The number of furan rings is 1. The highest BCUT2D eigenvalue weighted by Crippen LogP contribution is 2.54. The molecule has 2 aliphatic carbocycles. The van der Waals surface area contributed by atoms with E-state index in [0.29, 0.717) is 6.54 Å². The van der Waals surface area contributed by atoms with Crippen molar-refractivity contribution in [3.63, 3.8) is 0 Å². The number of nitrogens with zero attached hydrogens (tertiary/aromatic N) is 1. The van der Waals surface area contributed by atoms with Crippen LogP contribution in [0.25, 0.3) is 0 Å². The maximum Gasteiger partial charge on any atom is 0.223 e. The second-order valence-corrected chi connectivity index (χ2v) is 6.94. The Kier molecular flexibility index (Phi) is 3.49. The molecule has 3 atom stereocenters. The summed E-state index contributed by atoms with van der Waals surface area (Å²) >= 11 is 0. The molecule has 1 N–H and O–H groups in total. The summed E-state index contributed by atoms with van der Waals surface area (Å²) in [5, 5.41) is 3.19. The van der Waals surface area contributed by atoms with Crippen molar-refractivity contribution in [2.24, 2.45) is 17.8 Å². The predicted molar refractivity (Wildman–Crippen MR) is 79.6 cm³/mol. The topological polar surface area (TPSA) is 45.5 Å². The molecule has 4 nitrogen and oxygen atoms in total. The van der Waals surface area contributed by atoms with Crippen LogP contribution in [0, 0.1) is 17.8 Å². The van der Waals surface area contributed by atoms with Crippen molar-refractivity contribution < 1.29 is 9.21 Å². The number of amides is 1. The minimum atomic E-state index is 0.197. The number of hydrogen-bond acceptors (Lipinski definition) is 3. The van der Waals surface area contributed by atoms with Gasteiger partial charge in [0, 0.05) is 12.5 Å². The first-order valence-corrected chi connectivity index (χ1v) is 8.36. The second-order valence-electron chi connectivity index (χ2n) is 6.94. The lowest BCUT2D eigenvalue weighted by atomic mass is 10.0. The average molecular weight is 288 g/mol. The van der Waals surface area contributed by atoms with Crippen LogP contribution in [0.4, 0.5) is 0 Å². The number of carbonyl (C=O) groups is 1. The van der Waals surface area contributed by atoms with Crippen molar-refractivity contribution in [3.05, 3.63) is 24.2 Å². The normalized spacial score (nSPS) is 32.9. The van der Waals surface area contributed by atoms with Crippen LogP contribution in [0.2, 0.25) is 0 Å². The molecular formula is C17H24N2O2. The van der Waals surface area contributed by atoms with Gasteiger partial charge in [-0.05, 0) is 69.2 Å². The third kappa shape index (κ3) is 2.73. The lowest BCUT2D eigenvalue weighted by Crippen LogP contribution is -2.38. The van der Waals surface area contributed by atoms with Gasteiger partial charge in [-0.1, -0.05) is 0 Å². The van der Waals surface area contributed by atoms with Gasteiger partial charge in [0.1, 0.15) is 5.76 Å². The fraction of sp³-hybridized carbons (Fsp3) is 0.706. The lowest BCUT2D eigenvalue weighted by Gasteiger charge is -2.26. The van der Waals surface area contributed by atoms with E-state index in [4.69, 9.17) is 4.42 Å². The summed E-state index contributed by atoms with van der Waals surface area (Å²) in [7, 11) is 0. The van der Waals surface area contributed by atoms with Gasteiger partial charge >= 0.3 is 0 Å². The highest BCUT2D eigenvalue weighted by molar-refractivity contribution is 5.79. The van der Waals surface area contributed by atoms with Crippen LogP contribution in [-0.2, 0) is 4.79 Å². The third-order valence-electron chi connectivity index (χ3n) is 5.54. The Hall–Kier alpha value is -1.29. The van der Waals surface area contributed by atoms with Crippen molar-refractivity contribution in [2.75, 3.05) is 19.6 Å². The van der Waals surface area contributed by atoms with E-state index < -0.39 is 0 Å². The second kappa shape index (κ2) is 5.48. The van der Waals surface area contributed by atoms with E-state index in [9.17, 15) is 4.79 Å². The number of fused-ring (bicyclic) bond motifs is 1. The minimum Gasteiger partial charge on any atom is -0.468 e. The zero-order valence-electron chi connectivity index (χ0n) is 12.5. The summed E-state index contributed by atoms with van der Waals surface area (Å²) < 4.78 is 5.60. The zero-order valence-corrected chi connectivity index (χ0v) is 12.5. The number of nitrogens with one attached hydrogen (secondary N) is 1. The van der Waals surface area contributed by atoms with Gasteiger partial charge in [-0.2, -0.15) is 0 Å². The monoisotopic (exact) mass is 288 g/mol. The van der Waals surface area contributed by atoms with Crippen molar-refractivity contribution in [1.82, 2.24) is 10.2 Å². The number of likely N-dealkylation sites (tertiary alicyclic amines) is 1. The van der Waals surface area contributed by atoms with Crippen molar-refractivity contribution in [1.29, 1.82) is 0 Å². The first kappa shape index (κ1) is 13.4. The predicted octanol–water partition coefficient (Wildman–Crippen LogP) is 2.58. The van der Waals surface area contributed by atoms with Gasteiger partial charge in [-0.15, -0.1) is 0 Å². The summed E-state index contributed by atoms with van der Waals surface area (Å²) in [6.07, 6.45) is 7.82. The van der Waals surface area contributed by atoms with Gasteiger partial charge in [0.2, 0.25) is 5.91 Å². The van der Waals surface area contributed by atoms with Gasteiger partial charge in [-0.25, -0.2) is 0 Å². The molecule has 0 bridgehead atoms. The molecule has 1 amide bonds. The Morgan fingerprint density at radius 2 is 2.05 bits per heavy atom. The van der Waals surface area contributed by atoms with Crippen molar-refractivity contribution in [3.8, 4) is 0 Å². The Morgan fingerprint density at radius 3 is 2.71 bits per heavy atom. The van der Waals surface area contributed by atoms with Crippen molar-refractivity contribution in [2.45, 2.75) is 38.1 Å². The SMILES string of the molecule is O=C(NCC(c1ccco1)N1CCCC1)C1CC2CC2C1. The highest BCUT2D eigenvalue weighted by atomic mass is 16.3. The number of rotatable bonds is 5. The molecule has 114 valence electrons. The van der Waals surface area contributed by atoms with Gasteiger partial charge in [0.15, 0.2) is 0 Å². The van der Waals surface area contributed by atoms with E-state index in [1.54, 1.807) is 6.26 Å². The Morgan fingerprint density at radius 1 is 1.29 bits per heavy atom. The smallest absolute Gasteiger partial charge is 0.223 e. The van der Waals surface area contributed by atoms with Gasteiger partial charge in [0.05, 0.1) is 12.3 Å². The third-order valence-corrected chi connectivity index (χ3v) is 5.54. The average Bonchev–Trinajstić information content (AvgIpc) is 3.02. The number of hydrogen-bond donors (Lipinski definition) is 1. The van der Waals surface area contributed by atoms with Crippen LogP contribution in [0.5, 0.6) is 0 Å². The molecule has 0 spiro atoms. The van der Waals surface area contributed by atoms with Crippen LogP contribution < -0.4 is 5.32 Å². The molecule has 2 heterocycles. The molecule has 4 heteroatoms. The Labute approximate surface area is 125 Å². The van der Waals surface area contributed by atoms with E-state index in [1.807, 2.05) is 12.1 Å². The standard InChI is InChI=1S/C17H24N2O2/c20-17(14-9-12-8-13(12)10-14)18-11-15(16-4-3-7-21-16)19-5-1-2-6-19/h3-4,7,12-15H,1-2,5-6,8-11H2,(H,18,20). The fourth-order valence-corrected chi connectivity index (χ4v) is 4.21. The molecule has 2 saturated carbocycles. The van der Waals surface area contributed by atoms with E-state index >= 15 is 0 Å². The van der Waals surface area contributed by atoms with Crippen LogP contribution in [0.15, 0.2) is 22.8 Å². The molecule has 1 aliphatic heterocycles. The van der Waals surface area contributed by atoms with Crippen LogP contribution >= 0.6 is 0 Å². The maximum absolute atomic E-state index is 12.3. The van der Waals surface area contributed by atoms with E-state index in [0.717, 1.165) is 43.5 Å². The van der Waals surface area contributed by atoms with Crippen molar-refractivity contribution >= 4 is 5.91 Å². The van der Waals surface area contributed by atoms with Gasteiger partial charge < -0.3 is 9.73 Å². The van der Waals surface area contributed by atoms with Crippen LogP contribution in [-0.4, -0.2) is 30.4 Å². The fourth-order valence-electron chi connectivity index (χ4n) is 4.21. The molecule has 3 aliphatic rings. The first-order chi connectivity index (χ1) is 10.3. The molecule has 1 aromatic rings. The van der Waals surface area contributed by atoms with Gasteiger partial charge in [0.25, 0.3) is 0 Å². The molecule has 0 aromatic carbocycles. The summed E-state index contributed by atoms with van der Waals surface area (Å²) in [4.78, 5) is 14.8. The molecule has 3 fully saturated rings. The summed E-state index contributed by atoms with van der Waals surface area (Å²) in [5.41, 5.74) is 0. The quantitative estimate of drug-likeness (QED) is 0.906. The largest absolute Gasteiger partial charge is 0.468 e. The molecule has 1 saturated heterocycles. The molecule has 3 unspecified atom stereocenters. The highest BCUT2D eigenvalue weighted by Gasteiger charge is 2.48. The lowest BCUT2D eigenvalue weighted by molar-refractivity contribution is -0.125. The summed E-state index contributed by atoms with van der Waals surface area (Å²) in [6, 6.07) is 4.16. The minimum absolute atomic E-state index is 0.197. The maximum atomic E-state index is 12.3. The first-order valence-electron chi connectivity index (χ1n) is 8.36. The van der Waals surface area contributed by atoms with Crippen LogP contribution in [0.1, 0.15) is 43.9 Å².